The van der Waals surface area contributed by atoms with Gasteiger partial charge in [0.25, 0.3) is 5.91 Å². The molecule has 1 amide bonds. The fourth-order valence-electron chi connectivity index (χ4n) is 4.47. The smallest absolute Gasteiger partial charge is 0.254 e. The third-order valence-electron chi connectivity index (χ3n) is 6.27. The highest BCUT2D eigenvalue weighted by molar-refractivity contribution is 5.94. The van der Waals surface area contributed by atoms with Gasteiger partial charge >= 0.3 is 0 Å². The molecule has 1 fully saturated rings. The molecule has 1 saturated heterocycles. The molecule has 5 rings (SSSR count). The monoisotopic (exact) mass is 485 g/mol. The lowest BCUT2D eigenvalue weighted by Gasteiger charge is -2.26. The number of aromatic nitrogens is 2. The van der Waals surface area contributed by atoms with Crippen LogP contribution in [0.1, 0.15) is 28.8 Å². The fourth-order valence-corrected chi connectivity index (χ4v) is 4.47. The van der Waals surface area contributed by atoms with E-state index < -0.39 is 0 Å². The van der Waals surface area contributed by atoms with Gasteiger partial charge in [-0.05, 0) is 49.2 Å². The lowest BCUT2D eigenvalue weighted by Crippen LogP contribution is -2.37. The topological polar surface area (TPSA) is 56.6 Å². The van der Waals surface area contributed by atoms with E-state index >= 15 is 0 Å². The highest BCUT2D eigenvalue weighted by Gasteiger charge is 2.28. The Kier molecular flexibility index (Phi) is 7.09. The Morgan fingerprint density at radius 3 is 2.42 bits per heavy atom. The zero-order valence-corrected chi connectivity index (χ0v) is 20.1. The Bertz CT molecular complexity index is 1300. The van der Waals surface area contributed by atoms with E-state index in [1.807, 2.05) is 67.7 Å². The number of hydrogen-bond acceptors (Lipinski definition) is 4. The average molecular weight is 486 g/mol. The molecule has 0 spiro atoms. The van der Waals surface area contributed by atoms with Crippen molar-refractivity contribution in [2.75, 3.05) is 13.2 Å². The van der Waals surface area contributed by atoms with Crippen LogP contribution in [0.2, 0.25) is 0 Å². The standard InChI is InChI=1S/C29H28FN3O3/c1-32-29(36-24-11-6-3-7-12-24)26(27(31-32)21-9-4-2-5-10-21)20-33(19-25-13-8-18-35-25)28(34)22-14-16-23(30)17-15-22/h2-7,9-12,14-17,25H,8,13,18-20H2,1H3/t25-/m0/s1. The van der Waals surface area contributed by atoms with Gasteiger partial charge in [0.1, 0.15) is 17.3 Å². The molecule has 0 unspecified atom stereocenters. The van der Waals surface area contributed by atoms with E-state index in [2.05, 4.69) is 0 Å². The molecule has 1 aliphatic heterocycles. The lowest BCUT2D eigenvalue weighted by atomic mass is 10.1. The van der Waals surface area contributed by atoms with Gasteiger partial charge in [-0.25, -0.2) is 9.07 Å². The molecule has 184 valence electrons. The number of carbonyl (C=O) groups excluding carboxylic acids is 1. The summed E-state index contributed by atoms with van der Waals surface area (Å²) < 4.78 is 27.4. The van der Waals surface area contributed by atoms with Crippen LogP contribution >= 0.6 is 0 Å². The zero-order chi connectivity index (χ0) is 24.9. The molecule has 0 saturated carbocycles. The molecule has 4 aromatic rings. The van der Waals surface area contributed by atoms with Crippen LogP contribution in [0.25, 0.3) is 11.3 Å². The Morgan fingerprint density at radius 1 is 1.06 bits per heavy atom. The predicted octanol–water partition coefficient (Wildman–Crippen LogP) is 5.84. The maximum Gasteiger partial charge on any atom is 0.254 e. The van der Waals surface area contributed by atoms with E-state index in [1.54, 1.807) is 9.58 Å². The van der Waals surface area contributed by atoms with Crippen LogP contribution in [0.3, 0.4) is 0 Å². The Balaban J connectivity index is 1.55. The Morgan fingerprint density at radius 2 is 1.75 bits per heavy atom. The molecule has 1 atom stereocenters. The number of para-hydroxylation sites is 1. The first kappa shape index (κ1) is 23.8. The summed E-state index contributed by atoms with van der Waals surface area (Å²) in [6.45, 7) is 1.37. The Hall–Kier alpha value is -3.97. The molecule has 1 aliphatic rings. The molecule has 0 N–H and O–H groups in total. The van der Waals surface area contributed by atoms with Gasteiger partial charge in [0.15, 0.2) is 0 Å². The van der Waals surface area contributed by atoms with Gasteiger partial charge in [0.05, 0.1) is 18.2 Å². The summed E-state index contributed by atoms with van der Waals surface area (Å²) in [4.78, 5) is 15.4. The third-order valence-corrected chi connectivity index (χ3v) is 6.27. The van der Waals surface area contributed by atoms with Crippen molar-refractivity contribution in [3.05, 3.63) is 102 Å². The second-order valence-corrected chi connectivity index (χ2v) is 8.86. The summed E-state index contributed by atoms with van der Waals surface area (Å²) in [5.41, 5.74) is 2.89. The van der Waals surface area contributed by atoms with Crippen molar-refractivity contribution in [1.29, 1.82) is 0 Å². The minimum atomic E-state index is -0.380. The van der Waals surface area contributed by atoms with Crippen LogP contribution in [0.15, 0.2) is 84.9 Å². The first-order valence-electron chi connectivity index (χ1n) is 12.1. The zero-order valence-electron chi connectivity index (χ0n) is 20.1. The molecule has 3 aromatic carbocycles. The number of halogens is 1. The number of ether oxygens (including phenoxy) is 2. The molecular formula is C29H28FN3O3. The quantitative estimate of drug-likeness (QED) is 0.315. The van der Waals surface area contributed by atoms with Gasteiger partial charge in [-0.15, -0.1) is 0 Å². The first-order valence-corrected chi connectivity index (χ1v) is 12.1. The van der Waals surface area contributed by atoms with Crippen molar-refractivity contribution < 1.29 is 18.7 Å². The van der Waals surface area contributed by atoms with Gasteiger partial charge < -0.3 is 14.4 Å². The number of carbonyl (C=O) groups is 1. The van der Waals surface area contributed by atoms with Gasteiger partial charge in [-0.3, -0.25) is 4.79 Å². The van der Waals surface area contributed by atoms with E-state index in [4.69, 9.17) is 14.6 Å². The van der Waals surface area contributed by atoms with Crippen molar-refractivity contribution in [1.82, 2.24) is 14.7 Å². The van der Waals surface area contributed by atoms with E-state index in [0.717, 1.165) is 29.7 Å². The predicted molar refractivity (Wildman–Crippen MR) is 135 cm³/mol. The van der Waals surface area contributed by atoms with Crippen molar-refractivity contribution in [2.45, 2.75) is 25.5 Å². The summed E-state index contributed by atoms with van der Waals surface area (Å²) in [7, 11) is 1.83. The minimum absolute atomic E-state index is 0.0512. The first-order chi connectivity index (χ1) is 17.6. The van der Waals surface area contributed by atoms with Crippen LogP contribution in [0, 0.1) is 5.82 Å². The molecular weight excluding hydrogens is 457 g/mol. The number of nitrogens with zero attached hydrogens (tertiary/aromatic N) is 3. The molecule has 6 nitrogen and oxygen atoms in total. The number of amides is 1. The molecule has 7 heteroatoms. The summed E-state index contributed by atoms with van der Waals surface area (Å²) in [6.07, 6.45) is 1.80. The summed E-state index contributed by atoms with van der Waals surface area (Å²) >= 11 is 0. The fraction of sp³-hybridized carbons (Fsp3) is 0.241. The number of benzene rings is 3. The van der Waals surface area contributed by atoms with E-state index in [-0.39, 0.29) is 24.4 Å². The van der Waals surface area contributed by atoms with Crippen LogP contribution in [0.4, 0.5) is 4.39 Å². The van der Waals surface area contributed by atoms with Crippen LogP contribution in [-0.2, 0) is 18.3 Å². The second-order valence-electron chi connectivity index (χ2n) is 8.86. The SMILES string of the molecule is Cn1nc(-c2ccccc2)c(CN(C[C@@H]2CCCO2)C(=O)c2ccc(F)cc2)c1Oc1ccccc1. The van der Waals surface area contributed by atoms with Crippen molar-refractivity contribution in [3.63, 3.8) is 0 Å². The van der Waals surface area contributed by atoms with Gasteiger partial charge in [0, 0.05) is 31.3 Å². The minimum Gasteiger partial charge on any atom is -0.439 e. The van der Waals surface area contributed by atoms with E-state index in [1.165, 1.54) is 24.3 Å². The summed E-state index contributed by atoms with van der Waals surface area (Å²) in [6, 6.07) is 25.0. The molecule has 0 aliphatic carbocycles. The van der Waals surface area contributed by atoms with Crippen molar-refractivity contribution in [2.24, 2.45) is 7.05 Å². The second kappa shape index (κ2) is 10.7. The van der Waals surface area contributed by atoms with E-state index in [0.29, 0.717) is 30.3 Å². The molecule has 2 heterocycles. The largest absolute Gasteiger partial charge is 0.439 e. The van der Waals surface area contributed by atoms with Crippen LogP contribution in [0.5, 0.6) is 11.6 Å². The van der Waals surface area contributed by atoms with Crippen molar-refractivity contribution >= 4 is 5.91 Å². The highest BCUT2D eigenvalue weighted by atomic mass is 19.1. The third kappa shape index (κ3) is 5.31. The normalized spacial score (nSPS) is 15.1. The lowest BCUT2D eigenvalue weighted by molar-refractivity contribution is 0.0506. The number of aryl methyl sites for hydroxylation is 1. The maximum atomic E-state index is 13.7. The van der Waals surface area contributed by atoms with Gasteiger partial charge in [-0.2, -0.15) is 5.10 Å². The van der Waals surface area contributed by atoms with Gasteiger partial charge in [0.2, 0.25) is 5.88 Å². The average Bonchev–Trinajstić information content (AvgIpc) is 3.53. The summed E-state index contributed by atoms with van der Waals surface area (Å²) in [5, 5.41) is 4.78. The molecule has 0 bridgehead atoms. The van der Waals surface area contributed by atoms with Crippen LogP contribution < -0.4 is 4.74 Å². The highest BCUT2D eigenvalue weighted by Crippen LogP contribution is 2.34. The number of hydrogen-bond donors (Lipinski definition) is 0. The maximum absolute atomic E-state index is 13.7. The summed E-state index contributed by atoms with van der Waals surface area (Å²) in [5.74, 6) is 0.662. The number of rotatable bonds is 8. The van der Waals surface area contributed by atoms with Gasteiger partial charge in [-0.1, -0.05) is 48.5 Å². The van der Waals surface area contributed by atoms with Crippen molar-refractivity contribution in [3.8, 4) is 22.9 Å². The molecule has 0 radical (unpaired) electrons. The van der Waals surface area contributed by atoms with Crippen LogP contribution in [-0.4, -0.2) is 39.8 Å². The van der Waals surface area contributed by atoms with E-state index in [9.17, 15) is 9.18 Å². The molecule has 36 heavy (non-hydrogen) atoms. The molecule has 1 aromatic heterocycles. The Labute approximate surface area is 209 Å².